The van der Waals surface area contributed by atoms with Gasteiger partial charge < -0.3 is 15.1 Å². The molecule has 0 aromatic heterocycles. The van der Waals surface area contributed by atoms with Crippen LogP contribution < -0.4 is 10.2 Å². The molecule has 0 bridgehead atoms. The van der Waals surface area contributed by atoms with Crippen molar-refractivity contribution in [1.82, 2.24) is 10.2 Å². The number of carbonyl (C=O) groups is 1. The number of nitrogens with zero attached hydrogens (tertiary/aromatic N) is 2. The maximum absolute atomic E-state index is 12.3. The molecule has 2 atom stereocenters. The fourth-order valence-electron chi connectivity index (χ4n) is 4.29. The quantitative estimate of drug-likeness (QED) is 0.882. The van der Waals surface area contributed by atoms with E-state index in [0.29, 0.717) is 30.5 Å². The summed E-state index contributed by atoms with van der Waals surface area (Å²) in [6, 6.07) is 12.0. The van der Waals surface area contributed by atoms with Gasteiger partial charge in [-0.2, -0.15) is 0 Å². The highest BCUT2D eigenvalue weighted by molar-refractivity contribution is 5.85. The molecular weight excluding hydrogens is 333 g/mol. The second kappa shape index (κ2) is 7.73. The molecule has 1 aromatic rings. The Bertz CT molecular complexity index is 520. The summed E-state index contributed by atoms with van der Waals surface area (Å²) in [6.07, 6.45) is 4.05. The van der Waals surface area contributed by atoms with Gasteiger partial charge in [0.2, 0.25) is 5.91 Å². The van der Waals surface area contributed by atoms with Crippen LogP contribution >= 0.6 is 24.8 Å². The molecule has 0 spiro atoms. The number of likely N-dealkylation sites (tertiary alicyclic amines) is 1. The topological polar surface area (TPSA) is 35.6 Å². The van der Waals surface area contributed by atoms with Crippen LogP contribution in [0.25, 0.3) is 0 Å². The predicted octanol–water partition coefficient (Wildman–Crippen LogP) is 2.46. The average Bonchev–Trinajstić information content (AvgIpc) is 3.08. The minimum Gasteiger partial charge on any atom is -0.371 e. The average molecular weight is 358 g/mol. The molecule has 1 N–H and O–H groups in total. The molecule has 3 fully saturated rings. The van der Waals surface area contributed by atoms with Gasteiger partial charge >= 0.3 is 0 Å². The van der Waals surface area contributed by atoms with Gasteiger partial charge in [-0.3, -0.25) is 4.79 Å². The molecule has 0 radical (unpaired) electrons. The number of nitrogens with one attached hydrogen (secondary N) is 1. The number of benzene rings is 1. The lowest BCUT2D eigenvalue weighted by Crippen LogP contribution is -2.49. The van der Waals surface area contributed by atoms with Crippen LogP contribution in [0.15, 0.2) is 30.3 Å². The molecule has 3 aliphatic rings. The van der Waals surface area contributed by atoms with E-state index in [2.05, 4.69) is 45.4 Å². The van der Waals surface area contributed by atoms with E-state index in [-0.39, 0.29) is 24.8 Å². The van der Waals surface area contributed by atoms with Crippen molar-refractivity contribution in [1.29, 1.82) is 0 Å². The van der Waals surface area contributed by atoms with Crippen LogP contribution in [0.4, 0.5) is 5.69 Å². The monoisotopic (exact) mass is 357 g/mol. The Hall–Kier alpha value is -0.970. The van der Waals surface area contributed by atoms with E-state index in [1.54, 1.807) is 0 Å². The number of carbonyl (C=O) groups excluding carboxylic acids is 1. The van der Waals surface area contributed by atoms with Crippen LogP contribution in [0.2, 0.25) is 0 Å². The molecule has 6 heteroatoms. The molecule has 4 rings (SSSR count). The van der Waals surface area contributed by atoms with Crippen molar-refractivity contribution < 1.29 is 4.79 Å². The summed E-state index contributed by atoms with van der Waals surface area (Å²) >= 11 is 0. The zero-order chi connectivity index (χ0) is 14.2. The molecule has 3 heterocycles. The molecule has 0 unspecified atom stereocenters. The summed E-state index contributed by atoms with van der Waals surface area (Å²) in [4.78, 5) is 17.0. The van der Waals surface area contributed by atoms with Crippen molar-refractivity contribution in [3.05, 3.63) is 30.3 Å². The van der Waals surface area contributed by atoms with Crippen molar-refractivity contribution in [2.45, 2.75) is 43.8 Å². The van der Waals surface area contributed by atoms with Crippen molar-refractivity contribution in [3.63, 3.8) is 0 Å². The van der Waals surface area contributed by atoms with Crippen LogP contribution in [0.3, 0.4) is 0 Å². The number of hydrogen-bond acceptors (Lipinski definition) is 3. The predicted molar refractivity (Wildman–Crippen MR) is 97.8 cm³/mol. The Balaban J connectivity index is 0.000000960. The van der Waals surface area contributed by atoms with Crippen LogP contribution in [-0.2, 0) is 4.79 Å². The van der Waals surface area contributed by atoms with E-state index in [0.717, 1.165) is 38.9 Å². The highest BCUT2D eigenvalue weighted by Gasteiger charge is 2.45. The number of fused-ring (bicyclic) bond motifs is 1. The summed E-state index contributed by atoms with van der Waals surface area (Å²) in [5.74, 6) is 0.371. The van der Waals surface area contributed by atoms with E-state index in [4.69, 9.17) is 0 Å². The maximum atomic E-state index is 12.3. The smallest absolute Gasteiger partial charge is 0.224 e. The third-order valence-corrected chi connectivity index (χ3v) is 5.33. The van der Waals surface area contributed by atoms with Gasteiger partial charge in [-0.25, -0.2) is 0 Å². The Morgan fingerprint density at radius 3 is 2.39 bits per heavy atom. The van der Waals surface area contributed by atoms with Gasteiger partial charge in [0.15, 0.2) is 0 Å². The Kier molecular flexibility index (Phi) is 6.18. The summed E-state index contributed by atoms with van der Waals surface area (Å²) in [5, 5.41) is 3.48. The lowest BCUT2D eigenvalue weighted by atomic mass is 10.0. The van der Waals surface area contributed by atoms with Crippen molar-refractivity contribution >= 4 is 36.4 Å². The van der Waals surface area contributed by atoms with E-state index in [9.17, 15) is 4.79 Å². The van der Waals surface area contributed by atoms with Crippen molar-refractivity contribution in [2.24, 2.45) is 0 Å². The molecule has 3 aliphatic heterocycles. The molecule has 128 valence electrons. The van der Waals surface area contributed by atoms with Gasteiger partial charge in [0, 0.05) is 43.3 Å². The van der Waals surface area contributed by atoms with Gasteiger partial charge in [-0.1, -0.05) is 18.2 Å². The molecule has 1 amide bonds. The number of hydrogen-bond donors (Lipinski definition) is 1. The largest absolute Gasteiger partial charge is 0.371 e. The highest BCUT2D eigenvalue weighted by atomic mass is 35.5. The molecule has 23 heavy (non-hydrogen) atoms. The first-order valence-corrected chi connectivity index (χ1v) is 8.17. The third kappa shape index (κ3) is 3.44. The molecule has 0 aliphatic carbocycles. The zero-order valence-corrected chi connectivity index (χ0v) is 14.8. The SMILES string of the molecule is Cl.Cl.O=C1C[C@H]2NCC[C@H]2N1C1CCN(c2ccccc2)CC1. The summed E-state index contributed by atoms with van der Waals surface area (Å²) in [5.41, 5.74) is 1.31. The number of anilines is 1. The lowest BCUT2D eigenvalue weighted by molar-refractivity contribution is -0.131. The number of rotatable bonds is 2. The fourth-order valence-corrected chi connectivity index (χ4v) is 4.29. The summed E-state index contributed by atoms with van der Waals surface area (Å²) in [7, 11) is 0. The second-order valence-electron chi connectivity index (χ2n) is 6.48. The standard InChI is InChI=1S/C17H23N3O.2ClH/c21-17-12-15-16(6-9-18-15)20(17)14-7-10-19(11-8-14)13-4-2-1-3-5-13;;/h1-5,14-16,18H,6-12H2;2*1H/t15-,16-;;/m1../s1. The van der Waals surface area contributed by atoms with E-state index in [1.165, 1.54) is 5.69 Å². The van der Waals surface area contributed by atoms with Gasteiger partial charge in [0.1, 0.15) is 0 Å². The Morgan fingerprint density at radius 1 is 1.00 bits per heavy atom. The van der Waals surface area contributed by atoms with Gasteiger partial charge in [-0.05, 0) is 37.9 Å². The first-order valence-electron chi connectivity index (χ1n) is 8.17. The summed E-state index contributed by atoms with van der Waals surface area (Å²) in [6.45, 7) is 3.19. The van der Waals surface area contributed by atoms with Gasteiger partial charge in [0.05, 0.1) is 0 Å². The lowest BCUT2D eigenvalue weighted by Gasteiger charge is -2.40. The molecule has 4 nitrogen and oxygen atoms in total. The zero-order valence-electron chi connectivity index (χ0n) is 13.2. The van der Waals surface area contributed by atoms with Crippen LogP contribution in [-0.4, -0.2) is 48.6 Å². The second-order valence-corrected chi connectivity index (χ2v) is 6.48. The molecule has 0 saturated carbocycles. The normalized spacial score (nSPS) is 27.4. The van der Waals surface area contributed by atoms with Crippen molar-refractivity contribution in [2.75, 3.05) is 24.5 Å². The van der Waals surface area contributed by atoms with Gasteiger partial charge in [0.25, 0.3) is 0 Å². The third-order valence-electron chi connectivity index (χ3n) is 5.33. The number of para-hydroxylation sites is 1. The number of piperidine rings is 1. The van der Waals surface area contributed by atoms with E-state index < -0.39 is 0 Å². The maximum Gasteiger partial charge on any atom is 0.224 e. The Labute approximate surface area is 150 Å². The number of halogens is 2. The Morgan fingerprint density at radius 2 is 1.70 bits per heavy atom. The van der Waals surface area contributed by atoms with Gasteiger partial charge in [-0.15, -0.1) is 24.8 Å². The summed E-state index contributed by atoms with van der Waals surface area (Å²) < 4.78 is 0. The van der Waals surface area contributed by atoms with E-state index in [1.807, 2.05) is 0 Å². The van der Waals surface area contributed by atoms with Crippen LogP contribution in [0.1, 0.15) is 25.7 Å². The molecular formula is C17H25Cl2N3O. The van der Waals surface area contributed by atoms with Crippen molar-refractivity contribution in [3.8, 4) is 0 Å². The minimum atomic E-state index is 0. The first kappa shape index (κ1) is 18.4. The number of amides is 1. The minimum absolute atomic E-state index is 0. The molecule has 3 saturated heterocycles. The van der Waals surface area contributed by atoms with Crippen LogP contribution in [0.5, 0.6) is 0 Å². The fraction of sp³-hybridized carbons (Fsp3) is 0.588. The highest BCUT2D eigenvalue weighted by Crippen LogP contribution is 2.32. The van der Waals surface area contributed by atoms with E-state index >= 15 is 0 Å². The van der Waals surface area contributed by atoms with Crippen LogP contribution in [0, 0.1) is 0 Å². The first-order chi connectivity index (χ1) is 10.3. The molecule has 1 aromatic carbocycles.